The SMILES string of the molecule is C=C1CC(C)=CC(=O)CC=C=C1CC=CC(=O)CC=CCCCCNC(=O)CCCCC(=N)[N+](=C)C. The second kappa shape index (κ2) is 18.0. The maximum Gasteiger partial charge on any atom is 0.288 e. The van der Waals surface area contributed by atoms with Crippen molar-refractivity contribution in [1.29, 1.82) is 5.41 Å². The topological polar surface area (TPSA) is 90.1 Å². The molecule has 1 amide bonds. The van der Waals surface area contributed by atoms with Crippen molar-refractivity contribution in [1.82, 2.24) is 5.32 Å². The van der Waals surface area contributed by atoms with Crippen LogP contribution in [0.3, 0.4) is 0 Å². The van der Waals surface area contributed by atoms with Crippen molar-refractivity contribution in [3.63, 3.8) is 0 Å². The molecule has 0 atom stereocenters. The zero-order valence-corrected chi connectivity index (χ0v) is 22.0. The number of nitrogens with one attached hydrogen (secondary N) is 2. The molecule has 0 radical (unpaired) electrons. The Kier molecular flexibility index (Phi) is 15.3. The lowest BCUT2D eigenvalue weighted by Gasteiger charge is -2.06. The summed E-state index contributed by atoms with van der Waals surface area (Å²) in [5, 5.41) is 10.6. The molecular formula is C30H42N3O3+. The summed E-state index contributed by atoms with van der Waals surface area (Å²) in [7, 11) is 1.75. The van der Waals surface area contributed by atoms with Gasteiger partial charge in [-0.3, -0.25) is 14.4 Å². The van der Waals surface area contributed by atoms with E-state index in [1.165, 1.54) is 0 Å². The van der Waals surface area contributed by atoms with E-state index in [1.807, 2.05) is 25.2 Å². The Labute approximate surface area is 216 Å². The number of amidine groups is 1. The normalized spacial score (nSPS) is 14.3. The van der Waals surface area contributed by atoms with Gasteiger partial charge in [0.1, 0.15) is 0 Å². The van der Waals surface area contributed by atoms with Crippen molar-refractivity contribution < 1.29 is 19.0 Å². The van der Waals surface area contributed by atoms with Crippen LogP contribution >= 0.6 is 0 Å². The number of ketones is 2. The minimum atomic E-state index is 0.0417. The van der Waals surface area contributed by atoms with Gasteiger partial charge < -0.3 is 5.32 Å². The van der Waals surface area contributed by atoms with Crippen molar-refractivity contribution in [2.45, 2.75) is 77.6 Å². The van der Waals surface area contributed by atoms with E-state index >= 15 is 0 Å². The third-order valence-electron chi connectivity index (χ3n) is 5.67. The highest BCUT2D eigenvalue weighted by Crippen LogP contribution is 2.21. The van der Waals surface area contributed by atoms with Crippen LogP contribution in [0.1, 0.15) is 77.6 Å². The number of hydrogen-bond acceptors (Lipinski definition) is 4. The van der Waals surface area contributed by atoms with Gasteiger partial charge >= 0.3 is 0 Å². The van der Waals surface area contributed by atoms with E-state index in [9.17, 15) is 14.4 Å². The van der Waals surface area contributed by atoms with Crippen molar-refractivity contribution in [2.24, 2.45) is 0 Å². The Morgan fingerprint density at radius 2 is 1.92 bits per heavy atom. The lowest BCUT2D eigenvalue weighted by molar-refractivity contribution is -0.364. The summed E-state index contributed by atoms with van der Waals surface area (Å²) < 4.78 is 1.54. The van der Waals surface area contributed by atoms with Crippen LogP contribution in [0.5, 0.6) is 0 Å². The number of unbranched alkanes of at least 4 members (excludes halogenated alkanes) is 3. The molecule has 6 heteroatoms. The van der Waals surface area contributed by atoms with Crippen molar-refractivity contribution in [3.05, 3.63) is 65.5 Å². The summed E-state index contributed by atoms with van der Waals surface area (Å²) in [6, 6.07) is 0. The van der Waals surface area contributed by atoms with Crippen LogP contribution in [0.4, 0.5) is 0 Å². The van der Waals surface area contributed by atoms with Crippen LogP contribution < -0.4 is 5.32 Å². The molecule has 0 aromatic heterocycles. The molecule has 0 spiro atoms. The highest BCUT2D eigenvalue weighted by molar-refractivity contribution is 5.91. The smallest absolute Gasteiger partial charge is 0.288 e. The van der Waals surface area contributed by atoms with Gasteiger partial charge in [0.15, 0.2) is 11.6 Å². The molecule has 0 fully saturated rings. The van der Waals surface area contributed by atoms with E-state index in [4.69, 9.17) is 5.41 Å². The number of carbonyl (C=O) groups excluding carboxylic acids is 3. The van der Waals surface area contributed by atoms with Gasteiger partial charge in [-0.1, -0.05) is 30.4 Å². The van der Waals surface area contributed by atoms with Crippen molar-refractivity contribution in [3.8, 4) is 0 Å². The number of rotatable bonds is 15. The molecule has 0 heterocycles. The molecule has 0 aromatic carbocycles. The Balaban J connectivity index is 2.18. The highest BCUT2D eigenvalue weighted by atomic mass is 16.1. The van der Waals surface area contributed by atoms with Gasteiger partial charge in [0.2, 0.25) is 5.91 Å². The summed E-state index contributed by atoms with van der Waals surface area (Å²) in [5.41, 5.74) is 5.99. The fourth-order valence-electron chi connectivity index (χ4n) is 3.57. The first kappa shape index (κ1) is 30.7. The molecule has 2 N–H and O–H groups in total. The molecule has 1 aliphatic rings. The van der Waals surface area contributed by atoms with Crippen LogP contribution in [0.15, 0.2) is 65.5 Å². The number of amides is 1. The highest BCUT2D eigenvalue weighted by Gasteiger charge is 2.07. The van der Waals surface area contributed by atoms with Gasteiger partial charge in [0.25, 0.3) is 5.84 Å². The molecule has 194 valence electrons. The monoisotopic (exact) mass is 492 g/mol. The molecule has 0 bridgehead atoms. The summed E-state index contributed by atoms with van der Waals surface area (Å²) in [6.07, 6.45) is 18.1. The fraction of sp³-hybridized carbons (Fsp3) is 0.467. The van der Waals surface area contributed by atoms with Gasteiger partial charge in [0, 0.05) is 31.4 Å². The van der Waals surface area contributed by atoms with Gasteiger partial charge in [-0.2, -0.15) is 0 Å². The number of allylic oxidation sites excluding steroid dienone is 8. The average Bonchev–Trinajstić information content (AvgIpc) is 2.87. The molecule has 36 heavy (non-hydrogen) atoms. The number of nitrogens with zero attached hydrogens (tertiary/aromatic N) is 1. The third-order valence-corrected chi connectivity index (χ3v) is 5.67. The lowest BCUT2D eigenvalue weighted by Crippen LogP contribution is -2.24. The molecule has 0 saturated heterocycles. The maximum atomic E-state index is 12.1. The molecule has 1 rings (SSSR count). The van der Waals surface area contributed by atoms with Crippen molar-refractivity contribution in [2.75, 3.05) is 13.6 Å². The standard InChI is InChI=1S/C30H41N3O3/c1-24-22-25(2)26(15-13-18-28(35)23-24)14-12-17-27(34)16-8-6-5-7-11-21-32-30(36)20-10-9-19-29(31)33(3)4/h6,8,12-13,17,23,31H,2-3,5,7,9-11,14,16,18-22H2,1,4H3/p+1. The zero-order valence-electron chi connectivity index (χ0n) is 22.0. The van der Waals surface area contributed by atoms with E-state index in [1.54, 1.807) is 29.9 Å². The largest absolute Gasteiger partial charge is 0.356 e. The molecule has 0 unspecified atom stereocenters. The van der Waals surface area contributed by atoms with Crippen LogP contribution in [-0.4, -0.2) is 48.2 Å². The Hall–Kier alpha value is -3.37. The number of carbonyl (C=O) groups is 3. The van der Waals surface area contributed by atoms with Crippen LogP contribution in [0.2, 0.25) is 0 Å². The summed E-state index contributed by atoms with van der Waals surface area (Å²) in [5.74, 6) is 0.651. The Morgan fingerprint density at radius 3 is 2.67 bits per heavy atom. The predicted molar refractivity (Wildman–Crippen MR) is 148 cm³/mol. The number of hydrogen-bond donors (Lipinski definition) is 2. The summed E-state index contributed by atoms with van der Waals surface area (Å²) in [4.78, 5) is 35.7. The third kappa shape index (κ3) is 14.8. The quantitative estimate of drug-likeness (QED) is 0.0596. The van der Waals surface area contributed by atoms with Crippen LogP contribution in [0.25, 0.3) is 0 Å². The first-order valence-corrected chi connectivity index (χ1v) is 12.7. The molecule has 6 nitrogen and oxygen atoms in total. The lowest BCUT2D eigenvalue weighted by atomic mass is 9.98. The van der Waals surface area contributed by atoms with E-state index in [2.05, 4.69) is 24.3 Å². The van der Waals surface area contributed by atoms with Gasteiger partial charge in [0.05, 0.1) is 20.2 Å². The van der Waals surface area contributed by atoms with E-state index in [-0.39, 0.29) is 17.5 Å². The second-order valence-electron chi connectivity index (χ2n) is 9.21. The first-order valence-electron chi connectivity index (χ1n) is 12.7. The molecule has 0 saturated carbocycles. The second-order valence-corrected chi connectivity index (χ2v) is 9.21. The van der Waals surface area contributed by atoms with Crippen LogP contribution in [0, 0.1) is 5.41 Å². The van der Waals surface area contributed by atoms with Gasteiger partial charge in [-0.05, 0) is 75.7 Å². The molecular weight excluding hydrogens is 450 g/mol. The van der Waals surface area contributed by atoms with Gasteiger partial charge in [-0.15, -0.1) is 11.1 Å². The van der Waals surface area contributed by atoms with E-state index < -0.39 is 0 Å². The predicted octanol–water partition coefficient (Wildman–Crippen LogP) is 5.56. The van der Waals surface area contributed by atoms with Crippen molar-refractivity contribution >= 4 is 30.0 Å². The minimum absolute atomic E-state index is 0.0417. The van der Waals surface area contributed by atoms with Crippen LogP contribution in [-0.2, 0) is 14.4 Å². The fourth-order valence-corrected chi connectivity index (χ4v) is 3.57. The van der Waals surface area contributed by atoms with E-state index in [0.29, 0.717) is 50.9 Å². The first-order chi connectivity index (χ1) is 17.2. The maximum absolute atomic E-state index is 12.1. The Morgan fingerprint density at radius 1 is 1.17 bits per heavy atom. The Bertz CT molecular complexity index is 989. The average molecular weight is 493 g/mol. The van der Waals surface area contributed by atoms with E-state index in [0.717, 1.165) is 48.8 Å². The van der Waals surface area contributed by atoms with Gasteiger partial charge in [-0.25, -0.2) is 4.58 Å². The minimum Gasteiger partial charge on any atom is -0.356 e. The molecule has 0 aromatic rings. The zero-order chi connectivity index (χ0) is 26.8. The summed E-state index contributed by atoms with van der Waals surface area (Å²) >= 11 is 0. The molecule has 1 aliphatic carbocycles. The molecule has 0 aliphatic heterocycles. The summed E-state index contributed by atoms with van der Waals surface area (Å²) in [6.45, 7) is 10.4.